The van der Waals surface area contributed by atoms with E-state index in [2.05, 4.69) is 5.32 Å². The summed E-state index contributed by atoms with van der Waals surface area (Å²) in [6.07, 6.45) is 4.86. The van der Waals surface area contributed by atoms with Gasteiger partial charge in [-0.15, -0.1) is 23.4 Å². The van der Waals surface area contributed by atoms with Crippen molar-refractivity contribution in [3.8, 4) is 0 Å². The second-order valence-electron chi connectivity index (χ2n) is 5.97. The van der Waals surface area contributed by atoms with Gasteiger partial charge >= 0.3 is 0 Å². The average Bonchev–Trinajstić information content (AvgIpc) is 2.61. The summed E-state index contributed by atoms with van der Waals surface area (Å²) in [6.45, 7) is 1.33. The van der Waals surface area contributed by atoms with Crippen molar-refractivity contribution in [2.45, 2.75) is 34.8 Å². The van der Waals surface area contributed by atoms with Crippen molar-refractivity contribution in [2.24, 2.45) is 0 Å². The molecule has 1 amide bonds. The summed E-state index contributed by atoms with van der Waals surface area (Å²) in [5.74, 6) is -1.14. The largest absolute Gasteiger partial charge is 0.380 e. The van der Waals surface area contributed by atoms with Gasteiger partial charge in [0.05, 0.1) is 12.0 Å². The van der Waals surface area contributed by atoms with Gasteiger partial charge in [0.15, 0.2) is 0 Å². The molecule has 0 aromatic heterocycles. The number of allylic oxidation sites excluding steroid dienone is 4. The van der Waals surface area contributed by atoms with Crippen molar-refractivity contribution >= 4 is 29.3 Å². The van der Waals surface area contributed by atoms with Gasteiger partial charge in [0.2, 0.25) is 0 Å². The lowest BCUT2D eigenvalue weighted by Gasteiger charge is -2.22. The second-order valence-corrected chi connectivity index (χ2v) is 7.84. The molecule has 1 fully saturated rings. The molecule has 0 radical (unpaired) electrons. The van der Waals surface area contributed by atoms with Crippen LogP contribution in [0.25, 0.3) is 0 Å². The van der Waals surface area contributed by atoms with E-state index in [0.29, 0.717) is 22.8 Å². The molecular weight excluding hydrogens is 368 g/mol. The Kier molecular flexibility index (Phi) is 6.15. The first-order valence-electron chi connectivity index (χ1n) is 8.08. The Morgan fingerprint density at radius 3 is 2.88 bits per heavy atom. The maximum atomic E-state index is 14.1. The lowest BCUT2D eigenvalue weighted by molar-refractivity contribution is 0.0964. The van der Waals surface area contributed by atoms with Crippen LogP contribution in [0.4, 0.5) is 8.78 Å². The highest BCUT2D eigenvalue weighted by Gasteiger charge is 2.21. The van der Waals surface area contributed by atoms with E-state index in [1.54, 1.807) is 6.07 Å². The lowest BCUT2D eigenvalue weighted by atomic mass is 10.1. The van der Waals surface area contributed by atoms with E-state index in [4.69, 9.17) is 16.3 Å². The smallest absolute Gasteiger partial charge is 0.255 e. The van der Waals surface area contributed by atoms with Gasteiger partial charge in [0, 0.05) is 34.4 Å². The molecule has 25 heavy (non-hydrogen) atoms. The highest BCUT2D eigenvalue weighted by Crippen LogP contribution is 2.31. The Hall–Kier alpha value is -1.37. The number of carbonyl (C=O) groups excluding carboxylic acids is 1. The molecule has 134 valence electrons. The number of alkyl halides is 1. The molecule has 2 aliphatic rings. The van der Waals surface area contributed by atoms with Crippen LogP contribution in [0.15, 0.2) is 46.8 Å². The zero-order valence-corrected chi connectivity index (χ0v) is 15.0. The van der Waals surface area contributed by atoms with Crippen LogP contribution in [-0.4, -0.2) is 29.7 Å². The molecule has 1 heterocycles. The Bertz CT molecular complexity index is 717. The van der Waals surface area contributed by atoms with Gasteiger partial charge in [-0.05, 0) is 43.2 Å². The Morgan fingerprint density at radius 1 is 1.32 bits per heavy atom. The number of carbonyl (C=O) groups is 1. The number of amides is 1. The molecule has 1 saturated heterocycles. The molecule has 2 unspecified atom stereocenters. The first kappa shape index (κ1) is 18.4. The third-order valence-corrected chi connectivity index (χ3v) is 5.66. The average molecular weight is 386 g/mol. The fraction of sp³-hybridized carbons (Fsp3) is 0.389. The zero-order valence-electron chi connectivity index (χ0n) is 13.4. The third kappa shape index (κ3) is 4.84. The third-order valence-electron chi connectivity index (χ3n) is 4.02. The van der Waals surface area contributed by atoms with Crippen molar-refractivity contribution in [1.29, 1.82) is 0 Å². The predicted molar refractivity (Wildman–Crippen MR) is 95.1 cm³/mol. The van der Waals surface area contributed by atoms with Gasteiger partial charge in [-0.2, -0.15) is 0 Å². The molecule has 1 aliphatic carbocycles. The fourth-order valence-electron chi connectivity index (χ4n) is 2.67. The summed E-state index contributed by atoms with van der Waals surface area (Å²) in [7, 11) is 0. The molecule has 1 aromatic rings. The summed E-state index contributed by atoms with van der Waals surface area (Å²) < 4.78 is 32.7. The highest BCUT2D eigenvalue weighted by molar-refractivity contribution is 8.00. The number of halogens is 3. The van der Waals surface area contributed by atoms with E-state index in [0.717, 1.165) is 19.4 Å². The van der Waals surface area contributed by atoms with Gasteiger partial charge in [-0.1, -0.05) is 0 Å². The van der Waals surface area contributed by atoms with Crippen LogP contribution < -0.4 is 5.32 Å². The molecule has 1 aliphatic heterocycles. The lowest BCUT2D eigenvalue weighted by Crippen LogP contribution is -2.26. The molecule has 1 N–H and O–H groups in total. The van der Waals surface area contributed by atoms with Crippen LogP contribution in [0, 0.1) is 5.82 Å². The van der Waals surface area contributed by atoms with Crippen LogP contribution in [-0.2, 0) is 4.74 Å². The number of ether oxygens (including phenoxy) is 1. The van der Waals surface area contributed by atoms with Crippen molar-refractivity contribution in [2.75, 3.05) is 13.2 Å². The van der Waals surface area contributed by atoms with E-state index in [9.17, 15) is 13.6 Å². The van der Waals surface area contributed by atoms with E-state index in [1.165, 1.54) is 36.0 Å². The van der Waals surface area contributed by atoms with Crippen LogP contribution in [0.3, 0.4) is 0 Å². The quantitative estimate of drug-likeness (QED) is 0.771. The first-order valence-corrected chi connectivity index (χ1v) is 9.40. The number of nitrogens with one attached hydrogen (secondary N) is 1. The van der Waals surface area contributed by atoms with Crippen LogP contribution in [0.5, 0.6) is 0 Å². The number of benzene rings is 1. The van der Waals surface area contributed by atoms with Crippen molar-refractivity contribution in [3.63, 3.8) is 0 Å². The molecule has 0 saturated carbocycles. The summed E-state index contributed by atoms with van der Waals surface area (Å²) in [4.78, 5) is 12.8. The van der Waals surface area contributed by atoms with Gasteiger partial charge in [-0.25, -0.2) is 8.78 Å². The number of hydrogen-bond acceptors (Lipinski definition) is 3. The van der Waals surface area contributed by atoms with Gasteiger partial charge in [0.25, 0.3) is 5.91 Å². The number of rotatable bonds is 4. The summed E-state index contributed by atoms with van der Waals surface area (Å²) in [5, 5.41) is 2.12. The van der Waals surface area contributed by atoms with Crippen LogP contribution in [0.2, 0.25) is 0 Å². The maximum absolute atomic E-state index is 14.1. The van der Waals surface area contributed by atoms with Crippen LogP contribution in [0.1, 0.15) is 29.6 Å². The maximum Gasteiger partial charge on any atom is 0.255 e. The van der Waals surface area contributed by atoms with Crippen LogP contribution >= 0.6 is 23.4 Å². The minimum Gasteiger partial charge on any atom is -0.380 e. The van der Waals surface area contributed by atoms with E-state index < -0.39 is 11.2 Å². The van der Waals surface area contributed by atoms with Gasteiger partial charge in [-0.3, -0.25) is 4.79 Å². The topological polar surface area (TPSA) is 38.3 Å². The summed E-state index contributed by atoms with van der Waals surface area (Å²) in [6, 6.07) is 4.27. The van der Waals surface area contributed by atoms with Crippen molar-refractivity contribution in [1.82, 2.24) is 5.32 Å². The Morgan fingerprint density at radius 2 is 2.16 bits per heavy atom. The van der Waals surface area contributed by atoms with Gasteiger partial charge < -0.3 is 10.1 Å². The molecular formula is C18H18ClF2NO2S. The molecule has 0 spiro atoms. The molecule has 2 atom stereocenters. The minimum absolute atomic E-state index is 0.188. The van der Waals surface area contributed by atoms with E-state index >= 15 is 0 Å². The molecule has 3 nitrogen and oxygen atoms in total. The molecule has 3 rings (SSSR count). The van der Waals surface area contributed by atoms with Crippen molar-refractivity contribution < 1.29 is 18.3 Å². The molecule has 7 heteroatoms. The molecule has 1 aromatic carbocycles. The minimum atomic E-state index is -0.772. The second kappa shape index (κ2) is 8.34. The Balaban J connectivity index is 1.69. The number of thioether (sulfide) groups is 1. The molecule has 0 bridgehead atoms. The van der Waals surface area contributed by atoms with E-state index in [1.807, 2.05) is 0 Å². The standard InChI is InChI=1S/C18H18ClF2NO2S/c19-14-9-12(4-6-15(14)20)22-18(23)11-3-5-16(21)17(8-11)25-13-2-1-7-24-10-13/h3-6,8,13-14H,1-2,7,9-10H2,(H,22,23). The Labute approximate surface area is 154 Å². The van der Waals surface area contributed by atoms with Gasteiger partial charge in [0.1, 0.15) is 11.6 Å². The van der Waals surface area contributed by atoms with E-state index in [-0.39, 0.29) is 23.4 Å². The van der Waals surface area contributed by atoms with Crippen molar-refractivity contribution in [3.05, 3.63) is 53.3 Å². The first-order chi connectivity index (χ1) is 12.0. The monoisotopic (exact) mass is 385 g/mol. The highest BCUT2D eigenvalue weighted by atomic mass is 35.5. The summed E-state index contributed by atoms with van der Waals surface area (Å²) >= 11 is 7.24. The zero-order chi connectivity index (χ0) is 17.8. The normalized spacial score (nSPS) is 23.6. The fourth-order valence-corrected chi connectivity index (χ4v) is 4.10. The number of hydrogen-bond donors (Lipinski definition) is 1. The predicted octanol–water partition coefficient (Wildman–Crippen LogP) is 4.58. The summed E-state index contributed by atoms with van der Waals surface area (Å²) in [5.41, 5.74) is 0.883. The SMILES string of the molecule is O=C(NC1=CC=C(F)C(Cl)C1)c1ccc(F)c(SC2CCCOC2)c1.